The average Bonchev–Trinajstić information content (AvgIpc) is 3.31. The van der Waals surface area contributed by atoms with E-state index in [1.165, 1.54) is 32.0 Å². The van der Waals surface area contributed by atoms with E-state index in [2.05, 4.69) is 20.4 Å². The first-order valence-electron chi connectivity index (χ1n) is 12.2. The molecule has 2 aromatic heterocycles. The number of benzene rings is 2. The van der Waals surface area contributed by atoms with Crippen molar-refractivity contribution in [2.75, 3.05) is 9.62 Å². The van der Waals surface area contributed by atoms with Gasteiger partial charge in [-0.15, -0.1) is 0 Å². The molecular formula is C26H21F6N5O4S. The molecule has 5 rings (SSSR count). The number of anilines is 3. The minimum Gasteiger partial charge on any atom is -0.381 e. The van der Waals surface area contributed by atoms with Gasteiger partial charge in [-0.25, -0.2) is 13.4 Å². The quantitative estimate of drug-likeness (QED) is 0.266. The zero-order chi connectivity index (χ0) is 30.7. The van der Waals surface area contributed by atoms with Crippen molar-refractivity contribution in [2.24, 2.45) is 0 Å². The van der Waals surface area contributed by atoms with Gasteiger partial charge in [0, 0.05) is 11.1 Å². The summed E-state index contributed by atoms with van der Waals surface area (Å²) in [6.45, 7) is 2.26. The van der Waals surface area contributed by atoms with Crippen molar-refractivity contribution in [3.63, 3.8) is 0 Å². The molecule has 0 radical (unpaired) electrons. The second-order valence-corrected chi connectivity index (χ2v) is 11.8. The highest BCUT2D eigenvalue weighted by Crippen LogP contribution is 2.44. The van der Waals surface area contributed by atoms with Gasteiger partial charge in [0.05, 0.1) is 29.2 Å². The first-order valence-corrected chi connectivity index (χ1v) is 13.6. The van der Waals surface area contributed by atoms with Gasteiger partial charge in [0.2, 0.25) is 5.82 Å². The van der Waals surface area contributed by atoms with Crippen molar-refractivity contribution in [1.29, 1.82) is 0 Å². The van der Waals surface area contributed by atoms with Crippen LogP contribution in [0, 0.1) is 0 Å². The summed E-state index contributed by atoms with van der Waals surface area (Å²) in [5.74, 6) is -0.584. The van der Waals surface area contributed by atoms with E-state index in [-0.39, 0.29) is 50.5 Å². The van der Waals surface area contributed by atoms with Gasteiger partial charge >= 0.3 is 12.4 Å². The molecular weight excluding hydrogens is 592 g/mol. The first kappa shape index (κ1) is 29.3. The second-order valence-electron chi connectivity index (χ2n) is 9.96. The fourth-order valence-corrected chi connectivity index (χ4v) is 5.74. The molecule has 0 atom stereocenters. The molecule has 16 heteroatoms. The highest BCUT2D eigenvalue weighted by molar-refractivity contribution is 7.92. The molecule has 1 aliphatic heterocycles. The zero-order valence-electron chi connectivity index (χ0n) is 21.7. The number of aromatic nitrogens is 3. The predicted octanol–water partition coefficient (Wildman–Crippen LogP) is 5.94. The Balaban J connectivity index is 1.69. The fourth-order valence-electron chi connectivity index (χ4n) is 4.26. The summed E-state index contributed by atoms with van der Waals surface area (Å²) >= 11 is 0. The number of aliphatic hydroxyl groups is 1. The van der Waals surface area contributed by atoms with Crippen LogP contribution in [0.4, 0.5) is 43.5 Å². The Bertz CT molecular complexity index is 1750. The lowest BCUT2D eigenvalue weighted by Crippen LogP contribution is -2.31. The van der Waals surface area contributed by atoms with E-state index < -0.39 is 46.6 Å². The van der Waals surface area contributed by atoms with Gasteiger partial charge < -0.3 is 14.9 Å². The third kappa shape index (κ3) is 5.76. The molecule has 222 valence electrons. The number of nitrogens with one attached hydrogen (secondary N) is 1. The maximum atomic E-state index is 14.1. The molecule has 0 amide bonds. The van der Waals surface area contributed by atoms with E-state index in [1.54, 1.807) is 0 Å². The summed E-state index contributed by atoms with van der Waals surface area (Å²) in [6, 6.07) is 10.2. The number of sulfonamides is 1. The number of fused-ring (bicyclic) bond motifs is 2. The molecule has 42 heavy (non-hydrogen) atoms. The van der Waals surface area contributed by atoms with E-state index in [0.29, 0.717) is 6.07 Å². The Kier molecular flexibility index (Phi) is 6.96. The molecule has 0 saturated heterocycles. The van der Waals surface area contributed by atoms with E-state index >= 15 is 0 Å². The van der Waals surface area contributed by atoms with Crippen molar-refractivity contribution < 1.29 is 44.4 Å². The molecule has 0 spiro atoms. The molecule has 0 unspecified atom stereocenters. The maximum Gasteiger partial charge on any atom is 0.433 e. The topological polar surface area (TPSA) is 121 Å². The molecule has 4 aromatic rings. The van der Waals surface area contributed by atoms with Crippen LogP contribution in [0.5, 0.6) is 0 Å². The van der Waals surface area contributed by atoms with Gasteiger partial charge in [-0.3, -0.25) is 4.31 Å². The number of hydrogen-bond donors (Lipinski definition) is 2. The largest absolute Gasteiger partial charge is 0.433 e. The van der Waals surface area contributed by atoms with Gasteiger partial charge in [0.1, 0.15) is 17.1 Å². The summed E-state index contributed by atoms with van der Waals surface area (Å²) < 4.78 is 113. The Labute approximate surface area is 234 Å². The van der Waals surface area contributed by atoms with E-state index in [0.717, 1.165) is 34.6 Å². The van der Waals surface area contributed by atoms with Crippen molar-refractivity contribution in [3.8, 4) is 11.4 Å². The lowest BCUT2D eigenvalue weighted by molar-refractivity contribution is -0.141. The first-order chi connectivity index (χ1) is 19.4. The Morgan fingerprint density at radius 3 is 2.26 bits per heavy atom. The normalized spacial score (nSPS) is 14.2. The van der Waals surface area contributed by atoms with Crippen LogP contribution >= 0.6 is 0 Å². The fraction of sp³-hybridized carbons (Fsp3) is 0.269. The molecule has 9 nitrogen and oxygen atoms in total. The number of nitrogens with zero attached hydrogens (tertiary/aromatic N) is 4. The van der Waals surface area contributed by atoms with Gasteiger partial charge in [-0.2, -0.15) is 31.3 Å². The van der Waals surface area contributed by atoms with Crippen molar-refractivity contribution in [1.82, 2.24) is 15.1 Å². The summed E-state index contributed by atoms with van der Waals surface area (Å²) in [4.78, 5) is 7.47. The van der Waals surface area contributed by atoms with Gasteiger partial charge in [0.25, 0.3) is 15.9 Å². The highest BCUT2D eigenvalue weighted by Gasteiger charge is 2.37. The van der Waals surface area contributed by atoms with Crippen LogP contribution in [0.1, 0.15) is 36.6 Å². The molecule has 0 fully saturated rings. The average molecular weight is 614 g/mol. The summed E-state index contributed by atoms with van der Waals surface area (Å²) in [5, 5.41) is 16.9. The molecule has 0 saturated carbocycles. The minimum absolute atomic E-state index is 0.0185. The molecule has 2 N–H and O–H groups in total. The van der Waals surface area contributed by atoms with Crippen LogP contribution in [0.25, 0.3) is 11.4 Å². The molecule has 2 aromatic carbocycles. The van der Waals surface area contributed by atoms with Crippen molar-refractivity contribution in [2.45, 2.75) is 49.7 Å². The van der Waals surface area contributed by atoms with E-state index in [4.69, 9.17) is 4.52 Å². The molecule has 0 aliphatic carbocycles. The van der Waals surface area contributed by atoms with Crippen LogP contribution in [0.15, 0.2) is 64.0 Å². The van der Waals surface area contributed by atoms with Crippen molar-refractivity contribution >= 4 is 27.2 Å². The van der Waals surface area contributed by atoms with E-state index in [1.807, 2.05) is 0 Å². The number of halogens is 6. The van der Waals surface area contributed by atoms with E-state index in [9.17, 15) is 39.9 Å². The lowest BCUT2D eigenvalue weighted by atomic mass is 10.1. The number of pyridine rings is 1. The second kappa shape index (κ2) is 9.97. The van der Waals surface area contributed by atoms with Crippen LogP contribution in [0.2, 0.25) is 0 Å². The molecule has 1 aliphatic rings. The van der Waals surface area contributed by atoms with Gasteiger partial charge in [-0.1, -0.05) is 29.4 Å². The van der Waals surface area contributed by atoms with Crippen LogP contribution in [0.3, 0.4) is 0 Å². The van der Waals surface area contributed by atoms with Crippen molar-refractivity contribution in [3.05, 3.63) is 77.3 Å². The van der Waals surface area contributed by atoms with Gasteiger partial charge in [0.15, 0.2) is 0 Å². The Morgan fingerprint density at radius 2 is 1.67 bits per heavy atom. The molecule has 3 heterocycles. The predicted molar refractivity (Wildman–Crippen MR) is 137 cm³/mol. The standard InChI is InChI=1S/C26H21F6N5O4S/c1-24(2,38)23-35-22(36-41-23)17-4-3-5-18-20(17)37(13-15-8-11-19(26(30,31)32)34-21(15)33-18)42(39,40)16-9-6-14(7-10-16)12-25(27,28)29/h3-11,38H,12-13H2,1-2H3,(H,33,34). The molecule has 0 bridgehead atoms. The number of para-hydroxylation sites is 1. The monoisotopic (exact) mass is 613 g/mol. The highest BCUT2D eigenvalue weighted by atomic mass is 32.2. The summed E-state index contributed by atoms with van der Waals surface area (Å²) in [5.41, 5.74) is -2.85. The maximum absolute atomic E-state index is 14.1. The number of alkyl halides is 6. The van der Waals surface area contributed by atoms with Crippen LogP contribution in [-0.2, 0) is 34.8 Å². The number of hydrogen-bond acceptors (Lipinski definition) is 8. The third-order valence-electron chi connectivity index (χ3n) is 6.23. The third-order valence-corrected chi connectivity index (χ3v) is 7.99. The summed E-state index contributed by atoms with van der Waals surface area (Å²) in [6.07, 6.45) is -10.6. The minimum atomic E-state index is -4.78. The summed E-state index contributed by atoms with van der Waals surface area (Å²) in [7, 11) is -4.57. The number of rotatable bonds is 5. The lowest BCUT2D eigenvalue weighted by Gasteiger charge is -2.26. The van der Waals surface area contributed by atoms with Gasteiger partial charge in [-0.05, 0) is 49.7 Å². The zero-order valence-corrected chi connectivity index (χ0v) is 22.6. The smallest absolute Gasteiger partial charge is 0.381 e. The Hall–Kier alpha value is -4.18. The SMILES string of the molecule is CC(C)(O)c1nc(-c2cccc3c2N(S(=O)(=O)c2ccc(CC(F)(F)F)cc2)Cc2ccc(C(F)(F)F)nc2N3)no1. The van der Waals surface area contributed by atoms with Crippen LogP contribution < -0.4 is 9.62 Å². The van der Waals surface area contributed by atoms with Crippen LogP contribution in [-0.4, -0.2) is 34.8 Å². The Morgan fingerprint density at radius 1 is 0.976 bits per heavy atom.